The molecule has 0 aliphatic heterocycles. The number of hydrogen-bond donors (Lipinski definition) is 0. The number of carbonyl (C=O) groups excluding carboxylic acids is 1. The van der Waals surface area contributed by atoms with Gasteiger partial charge in [0.25, 0.3) is 0 Å². The van der Waals surface area contributed by atoms with Crippen LogP contribution < -0.4 is 4.74 Å². The lowest BCUT2D eigenvalue weighted by Crippen LogP contribution is -2.38. The van der Waals surface area contributed by atoms with Crippen molar-refractivity contribution in [3.05, 3.63) is 29.6 Å². The van der Waals surface area contributed by atoms with E-state index in [1.165, 1.54) is 26.4 Å². The molecule has 1 aromatic rings. The summed E-state index contributed by atoms with van der Waals surface area (Å²) in [4.78, 5) is 12.5. The van der Waals surface area contributed by atoms with Crippen LogP contribution >= 0.6 is 0 Å². The van der Waals surface area contributed by atoms with Crippen molar-refractivity contribution in [2.75, 3.05) is 14.2 Å². The third kappa shape index (κ3) is 2.01. The van der Waals surface area contributed by atoms with Gasteiger partial charge in [-0.1, -0.05) is 6.07 Å². The van der Waals surface area contributed by atoms with Gasteiger partial charge in [-0.05, 0) is 37.8 Å². The van der Waals surface area contributed by atoms with Gasteiger partial charge in [0.15, 0.2) is 17.3 Å². The minimum Gasteiger partial charge on any atom is -0.494 e. The molecule has 1 aromatic carbocycles. The van der Waals surface area contributed by atoms with Crippen molar-refractivity contribution in [1.29, 1.82) is 0 Å². The molecular formula is C14H17FO3. The number of ketones is 1. The zero-order valence-corrected chi connectivity index (χ0v) is 10.7. The van der Waals surface area contributed by atoms with Gasteiger partial charge in [-0.25, -0.2) is 4.39 Å². The predicted molar refractivity (Wildman–Crippen MR) is 65.5 cm³/mol. The number of hydrogen-bond acceptors (Lipinski definition) is 3. The maximum Gasteiger partial charge on any atom is 0.197 e. The first-order chi connectivity index (χ1) is 8.64. The minimum atomic E-state index is -0.854. The molecule has 2 rings (SSSR count). The Bertz CT molecular complexity index is 450. The molecule has 3 nitrogen and oxygen atoms in total. The highest BCUT2D eigenvalue weighted by molar-refractivity contribution is 6.03. The number of ether oxygens (including phenoxy) is 2. The Morgan fingerprint density at radius 1 is 1.28 bits per heavy atom. The lowest BCUT2D eigenvalue weighted by Gasteiger charge is -2.26. The van der Waals surface area contributed by atoms with E-state index in [9.17, 15) is 9.18 Å². The molecule has 0 N–H and O–H groups in total. The molecule has 0 atom stereocenters. The van der Waals surface area contributed by atoms with E-state index in [4.69, 9.17) is 9.47 Å². The van der Waals surface area contributed by atoms with E-state index in [1.54, 1.807) is 6.07 Å². The third-order valence-electron chi connectivity index (χ3n) is 3.64. The van der Waals surface area contributed by atoms with Crippen molar-refractivity contribution in [2.24, 2.45) is 0 Å². The first-order valence-electron chi connectivity index (χ1n) is 6.07. The van der Waals surface area contributed by atoms with Crippen LogP contribution in [0.1, 0.15) is 36.0 Å². The molecule has 0 radical (unpaired) electrons. The van der Waals surface area contributed by atoms with Crippen molar-refractivity contribution in [3.63, 3.8) is 0 Å². The van der Waals surface area contributed by atoms with Crippen LogP contribution in [0.15, 0.2) is 18.2 Å². The zero-order chi connectivity index (χ0) is 13.2. The number of halogens is 1. The smallest absolute Gasteiger partial charge is 0.197 e. The Morgan fingerprint density at radius 2 is 1.94 bits per heavy atom. The van der Waals surface area contributed by atoms with E-state index < -0.39 is 11.4 Å². The fraction of sp³-hybridized carbons (Fsp3) is 0.500. The van der Waals surface area contributed by atoms with Crippen molar-refractivity contribution >= 4 is 5.78 Å². The maximum absolute atomic E-state index is 14.1. The number of methoxy groups -OCH3 is 2. The summed E-state index contributed by atoms with van der Waals surface area (Å²) in [6.45, 7) is 0. The van der Waals surface area contributed by atoms with E-state index in [-0.39, 0.29) is 17.1 Å². The van der Waals surface area contributed by atoms with Crippen LogP contribution in [0, 0.1) is 5.82 Å². The van der Waals surface area contributed by atoms with Gasteiger partial charge in [-0.15, -0.1) is 0 Å². The molecule has 1 aliphatic carbocycles. The van der Waals surface area contributed by atoms with Gasteiger partial charge >= 0.3 is 0 Å². The highest BCUT2D eigenvalue weighted by atomic mass is 19.1. The summed E-state index contributed by atoms with van der Waals surface area (Å²) in [5, 5.41) is 0. The predicted octanol–water partition coefficient (Wildman–Crippen LogP) is 2.98. The van der Waals surface area contributed by atoms with Crippen LogP contribution in [-0.2, 0) is 4.74 Å². The average molecular weight is 252 g/mol. The van der Waals surface area contributed by atoms with E-state index in [0.717, 1.165) is 12.8 Å². The average Bonchev–Trinajstić information content (AvgIpc) is 2.88. The van der Waals surface area contributed by atoms with Crippen molar-refractivity contribution in [2.45, 2.75) is 31.3 Å². The van der Waals surface area contributed by atoms with Gasteiger partial charge < -0.3 is 9.47 Å². The summed E-state index contributed by atoms with van der Waals surface area (Å²) < 4.78 is 24.4. The number of Topliss-reactive ketones (excluding diaryl/α,β-unsaturated/α-hetero) is 1. The van der Waals surface area contributed by atoms with Crippen molar-refractivity contribution < 1.29 is 18.7 Å². The molecular weight excluding hydrogens is 235 g/mol. The molecule has 1 saturated carbocycles. The zero-order valence-electron chi connectivity index (χ0n) is 10.7. The number of rotatable bonds is 4. The molecule has 1 fully saturated rings. The normalized spacial score (nSPS) is 17.7. The van der Waals surface area contributed by atoms with E-state index in [0.29, 0.717) is 12.8 Å². The van der Waals surface area contributed by atoms with Crippen LogP contribution in [0.25, 0.3) is 0 Å². The summed E-state index contributed by atoms with van der Waals surface area (Å²) in [5.41, 5.74) is -0.800. The highest BCUT2D eigenvalue weighted by Crippen LogP contribution is 2.37. The fourth-order valence-electron chi connectivity index (χ4n) is 2.56. The van der Waals surface area contributed by atoms with Crippen LogP contribution in [0.4, 0.5) is 4.39 Å². The van der Waals surface area contributed by atoms with Crippen molar-refractivity contribution in [1.82, 2.24) is 0 Å². The summed E-state index contributed by atoms with van der Waals surface area (Å²) in [5.74, 6) is -0.794. The van der Waals surface area contributed by atoms with Gasteiger partial charge in [0, 0.05) is 7.11 Å². The Labute approximate surface area is 106 Å². The Kier molecular flexibility index (Phi) is 3.66. The Balaban J connectivity index is 2.39. The Morgan fingerprint density at radius 3 is 2.50 bits per heavy atom. The van der Waals surface area contributed by atoms with Gasteiger partial charge in [0.05, 0.1) is 12.7 Å². The highest BCUT2D eigenvalue weighted by Gasteiger charge is 2.42. The second kappa shape index (κ2) is 5.06. The molecule has 0 spiro atoms. The third-order valence-corrected chi connectivity index (χ3v) is 3.64. The molecule has 98 valence electrons. The van der Waals surface area contributed by atoms with Gasteiger partial charge in [0.2, 0.25) is 0 Å². The van der Waals surface area contributed by atoms with Crippen LogP contribution in [-0.4, -0.2) is 25.6 Å². The van der Waals surface area contributed by atoms with Crippen LogP contribution in [0.5, 0.6) is 5.75 Å². The molecule has 0 saturated heterocycles. The maximum atomic E-state index is 14.1. The summed E-state index contributed by atoms with van der Waals surface area (Å²) in [6, 6.07) is 4.60. The van der Waals surface area contributed by atoms with E-state index in [2.05, 4.69) is 0 Å². The standard InChI is InChI=1S/C14H17FO3/c1-17-11-7-5-6-10(12(11)15)13(16)14(18-2)8-3-4-9-14/h5-7H,3-4,8-9H2,1-2H3. The summed E-state index contributed by atoms with van der Waals surface area (Å²) in [6.07, 6.45) is 3.17. The molecule has 0 amide bonds. The molecule has 0 bridgehead atoms. The number of benzene rings is 1. The SMILES string of the molecule is COc1cccc(C(=O)C2(OC)CCCC2)c1F. The summed E-state index contributed by atoms with van der Waals surface area (Å²) >= 11 is 0. The first-order valence-corrected chi connectivity index (χ1v) is 6.07. The minimum absolute atomic E-state index is 0.0538. The van der Waals surface area contributed by atoms with E-state index in [1.807, 2.05) is 0 Å². The first kappa shape index (κ1) is 13.0. The van der Waals surface area contributed by atoms with Gasteiger partial charge in [-0.3, -0.25) is 4.79 Å². The molecule has 0 heterocycles. The van der Waals surface area contributed by atoms with Crippen LogP contribution in [0.3, 0.4) is 0 Å². The summed E-state index contributed by atoms with van der Waals surface area (Å²) in [7, 11) is 2.90. The second-order valence-corrected chi connectivity index (χ2v) is 4.56. The lowest BCUT2D eigenvalue weighted by molar-refractivity contribution is 0.00565. The van der Waals surface area contributed by atoms with Gasteiger partial charge in [0.1, 0.15) is 5.60 Å². The van der Waals surface area contributed by atoms with Crippen LogP contribution in [0.2, 0.25) is 0 Å². The Hall–Kier alpha value is -1.42. The molecule has 0 aromatic heterocycles. The lowest BCUT2D eigenvalue weighted by atomic mass is 9.90. The largest absolute Gasteiger partial charge is 0.494 e. The number of carbonyl (C=O) groups is 1. The van der Waals surface area contributed by atoms with Crippen molar-refractivity contribution in [3.8, 4) is 5.75 Å². The molecule has 0 unspecified atom stereocenters. The quantitative estimate of drug-likeness (QED) is 0.773. The van der Waals surface area contributed by atoms with Gasteiger partial charge in [-0.2, -0.15) is 0 Å². The monoisotopic (exact) mass is 252 g/mol. The fourth-order valence-corrected chi connectivity index (χ4v) is 2.56. The molecule has 4 heteroatoms. The molecule has 18 heavy (non-hydrogen) atoms. The van der Waals surface area contributed by atoms with E-state index >= 15 is 0 Å². The topological polar surface area (TPSA) is 35.5 Å². The second-order valence-electron chi connectivity index (χ2n) is 4.56. The molecule has 1 aliphatic rings.